The monoisotopic (exact) mass is 227 g/mol. The summed E-state index contributed by atoms with van der Waals surface area (Å²) in [5.74, 6) is -1.22. The molecule has 0 radical (unpaired) electrons. The van der Waals surface area contributed by atoms with Gasteiger partial charge in [-0.25, -0.2) is 0 Å². The Morgan fingerprint density at radius 2 is 2.00 bits per heavy atom. The van der Waals surface area contributed by atoms with E-state index in [0.717, 1.165) is 0 Å². The molecule has 0 bridgehead atoms. The van der Waals surface area contributed by atoms with Gasteiger partial charge in [0, 0.05) is 13.1 Å². The van der Waals surface area contributed by atoms with Crippen molar-refractivity contribution in [2.45, 2.75) is 32.4 Å². The molecule has 0 saturated carbocycles. The minimum Gasteiger partial charge on any atom is -0.548 e. The standard InChI is InChI=1S/C9H19NO4.Na/c1-7(12)6-10(4-5-11)9(2,3)8(13)14;/h7,11-12H,4-6H2,1-3H3,(H,13,14);/q;+1/p-1. The molecule has 1 atom stereocenters. The van der Waals surface area contributed by atoms with Crippen molar-refractivity contribution in [2.24, 2.45) is 0 Å². The maximum atomic E-state index is 10.8. The SMILES string of the molecule is CC(O)CN(CCO)C(C)(C)C(=O)[O-].[Na+]. The topological polar surface area (TPSA) is 83.8 Å². The first-order valence-corrected chi connectivity index (χ1v) is 4.57. The number of aliphatic hydroxyl groups is 2. The number of hydrogen-bond acceptors (Lipinski definition) is 5. The van der Waals surface area contributed by atoms with E-state index in [2.05, 4.69) is 0 Å². The smallest absolute Gasteiger partial charge is 0.548 e. The van der Waals surface area contributed by atoms with E-state index in [-0.39, 0.29) is 49.3 Å². The number of carbonyl (C=O) groups is 1. The third-order valence-corrected chi connectivity index (χ3v) is 2.14. The van der Waals surface area contributed by atoms with E-state index < -0.39 is 17.6 Å². The molecule has 0 heterocycles. The molecule has 0 aromatic heterocycles. The van der Waals surface area contributed by atoms with Crippen molar-refractivity contribution in [1.29, 1.82) is 0 Å². The molecule has 0 aliphatic carbocycles. The van der Waals surface area contributed by atoms with Crippen LogP contribution in [0.4, 0.5) is 0 Å². The van der Waals surface area contributed by atoms with Crippen molar-refractivity contribution < 1.29 is 49.7 Å². The summed E-state index contributed by atoms with van der Waals surface area (Å²) in [7, 11) is 0. The van der Waals surface area contributed by atoms with Crippen LogP contribution in [-0.4, -0.2) is 52.4 Å². The Labute approximate surface area is 112 Å². The van der Waals surface area contributed by atoms with Crippen LogP contribution in [0.15, 0.2) is 0 Å². The van der Waals surface area contributed by atoms with Crippen molar-refractivity contribution in [3.05, 3.63) is 0 Å². The van der Waals surface area contributed by atoms with Crippen molar-refractivity contribution in [1.82, 2.24) is 4.90 Å². The molecule has 0 spiro atoms. The minimum atomic E-state index is -1.22. The van der Waals surface area contributed by atoms with Gasteiger partial charge in [-0.05, 0) is 20.8 Å². The number of nitrogens with zero attached hydrogens (tertiary/aromatic N) is 1. The number of carboxylic acids is 1. The summed E-state index contributed by atoms with van der Waals surface area (Å²) >= 11 is 0. The van der Waals surface area contributed by atoms with Gasteiger partial charge in [0.15, 0.2) is 0 Å². The molecule has 0 aromatic rings. The molecule has 0 aromatic carbocycles. The second-order valence-electron chi connectivity index (χ2n) is 3.87. The van der Waals surface area contributed by atoms with Gasteiger partial charge in [0.05, 0.1) is 24.2 Å². The Kier molecular flexibility index (Phi) is 8.98. The third kappa shape index (κ3) is 5.85. The maximum Gasteiger partial charge on any atom is 1.00 e. The van der Waals surface area contributed by atoms with E-state index in [4.69, 9.17) is 10.2 Å². The van der Waals surface area contributed by atoms with Crippen molar-refractivity contribution in [2.75, 3.05) is 19.7 Å². The molecule has 0 saturated heterocycles. The Morgan fingerprint density at radius 1 is 1.53 bits per heavy atom. The molecule has 6 heteroatoms. The van der Waals surface area contributed by atoms with E-state index in [0.29, 0.717) is 0 Å². The van der Waals surface area contributed by atoms with Crippen LogP contribution in [0, 0.1) is 0 Å². The molecule has 0 fully saturated rings. The van der Waals surface area contributed by atoms with E-state index in [1.165, 1.54) is 18.7 Å². The van der Waals surface area contributed by atoms with Gasteiger partial charge in [-0.15, -0.1) is 0 Å². The number of aliphatic carboxylic acids is 1. The average molecular weight is 227 g/mol. The van der Waals surface area contributed by atoms with E-state index in [1.807, 2.05) is 0 Å². The summed E-state index contributed by atoms with van der Waals surface area (Å²) in [6.45, 7) is 4.79. The molecular weight excluding hydrogens is 209 g/mol. The predicted octanol–water partition coefficient (Wildman–Crippen LogP) is -4.81. The fraction of sp³-hybridized carbons (Fsp3) is 0.889. The van der Waals surface area contributed by atoms with Gasteiger partial charge < -0.3 is 20.1 Å². The Balaban J connectivity index is 0. The number of aliphatic hydroxyl groups excluding tert-OH is 2. The number of β-amino-alcohol motifs (C(OH)–C–C–N with tert-alkyl or cyclic N) is 2. The minimum absolute atomic E-state index is 0. The molecule has 0 aliphatic heterocycles. The molecule has 5 nitrogen and oxygen atoms in total. The molecule has 84 valence electrons. The first-order chi connectivity index (χ1) is 6.32. The summed E-state index contributed by atoms with van der Waals surface area (Å²) in [5.41, 5.74) is -1.18. The van der Waals surface area contributed by atoms with E-state index in [9.17, 15) is 9.90 Å². The molecular formula is C9H18NNaO4. The average Bonchev–Trinajstić information content (AvgIpc) is 2.02. The molecule has 0 amide bonds. The molecule has 0 rings (SSSR count). The normalized spacial score (nSPS) is 13.5. The number of carboxylic acid groups (broad SMARTS) is 1. The zero-order valence-corrected chi connectivity index (χ0v) is 11.9. The van der Waals surface area contributed by atoms with Crippen molar-refractivity contribution >= 4 is 5.97 Å². The second-order valence-corrected chi connectivity index (χ2v) is 3.87. The summed E-state index contributed by atoms with van der Waals surface area (Å²) in [4.78, 5) is 12.3. The van der Waals surface area contributed by atoms with Crippen LogP contribution in [0.25, 0.3) is 0 Å². The predicted molar refractivity (Wildman–Crippen MR) is 49.4 cm³/mol. The molecule has 0 aliphatic rings. The van der Waals surface area contributed by atoms with Crippen LogP contribution < -0.4 is 34.7 Å². The molecule has 15 heavy (non-hydrogen) atoms. The summed E-state index contributed by atoms with van der Waals surface area (Å²) in [6, 6.07) is 0. The summed E-state index contributed by atoms with van der Waals surface area (Å²) in [6.07, 6.45) is -0.639. The van der Waals surface area contributed by atoms with Crippen LogP contribution in [-0.2, 0) is 4.79 Å². The fourth-order valence-corrected chi connectivity index (χ4v) is 1.17. The Hall–Kier alpha value is 0.350. The zero-order valence-electron chi connectivity index (χ0n) is 9.86. The second kappa shape index (κ2) is 7.60. The van der Waals surface area contributed by atoms with Gasteiger partial charge in [-0.3, -0.25) is 4.90 Å². The van der Waals surface area contributed by atoms with Crippen molar-refractivity contribution in [3.8, 4) is 0 Å². The van der Waals surface area contributed by atoms with Gasteiger partial charge in [0.2, 0.25) is 0 Å². The summed E-state index contributed by atoms with van der Waals surface area (Å²) in [5, 5.41) is 28.7. The van der Waals surface area contributed by atoms with Gasteiger partial charge >= 0.3 is 29.6 Å². The van der Waals surface area contributed by atoms with Crippen LogP contribution in [0.2, 0.25) is 0 Å². The largest absolute Gasteiger partial charge is 1.00 e. The van der Waals surface area contributed by atoms with Crippen LogP contribution in [0.3, 0.4) is 0 Å². The van der Waals surface area contributed by atoms with Crippen LogP contribution in [0.5, 0.6) is 0 Å². The van der Waals surface area contributed by atoms with Crippen LogP contribution in [0.1, 0.15) is 20.8 Å². The third-order valence-electron chi connectivity index (χ3n) is 2.14. The summed E-state index contributed by atoms with van der Waals surface area (Å²) < 4.78 is 0. The number of carbonyl (C=O) groups excluding carboxylic acids is 1. The zero-order chi connectivity index (χ0) is 11.4. The first kappa shape index (κ1) is 17.7. The van der Waals surface area contributed by atoms with E-state index in [1.54, 1.807) is 6.92 Å². The van der Waals surface area contributed by atoms with Gasteiger partial charge in [-0.1, -0.05) is 0 Å². The number of hydrogen-bond donors (Lipinski definition) is 2. The Bertz CT molecular complexity index is 197. The van der Waals surface area contributed by atoms with Gasteiger partial charge in [0.25, 0.3) is 0 Å². The van der Waals surface area contributed by atoms with Crippen LogP contribution >= 0.6 is 0 Å². The van der Waals surface area contributed by atoms with Gasteiger partial charge in [0.1, 0.15) is 0 Å². The maximum absolute atomic E-state index is 10.8. The first-order valence-electron chi connectivity index (χ1n) is 4.57. The molecule has 2 N–H and O–H groups in total. The number of rotatable bonds is 6. The van der Waals surface area contributed by atoms with Gasteiger partial charge in [-0.2, -0.15) is 0 Å². The van der Waals surface area contributed by atoms with Crippen molar-refractivity contribution in [3.63, 3.8) is 0 Å². The quantitative estimate of drug-likeness (QED) is 0.445. The fourth-order valence-electron chi connectivity index (χ4n) is 1.17. The Morgan fingerprint density at radius 3 is 2.27 bits per heavy atom. The molecule has 1 unspecified atom stereocenters. The van der Waals surface area contributed by atoms with E-state index >= 15 is 0 Å².